The third-order valence-corrected chi connectivity index (χ3v) is 4.69. The second kappa shape index (κ2) is 11.2. The molecule has 0 spiro atoms. The SMILES string of the molecule is O=C(O)Cc1ccc(CCCCCCCc2ccc(CC(=O)O)cc2)cc1. The molecule has 0 heterocycles. The summed E-state index contributed by atoms with van der Waals surface area (Å²) in [6, 6.07) is 15.8. The van der Waals surface area contributed by atoms with Crippen molar-refractivity contribution in [2.24, 2.45) is 0 Å². The molecule has 0 aliphatic carbocycles. The third kappa shape index (κ3) is 8.54. The van der Waals surface area contributed by atoms with Gasteiger partial charge >= 0.3 is 11.9 Å². The van der Waals surface area contributed by atoms with Crippen molar-refractivity contribution in [3.05, 3.63) is 70.8 Å². The Labute approximate surface area is 160 Å². The van der Waals surface area contributed by atoms with Gasteiger partial charge in [0.1, 0.15) is 0 Å². The van der Waals surface area contributed by atoms with Crippen LogP contribution in [0.15, 0.2) is 48.5 Å². The standard InChI is InChI=1S/C23H28O4/c24-22(25)16-20-12-8-18(9-13-20)6-4-2-1-3-5-7-19-10-14-21(15-11-19)17-23(26)27/h8-15H,1-7,16-17H2,(H,24,25)(H,26,27). The van der Waals surface area contributed by atoms with Crippen LogP contribution >= 0.6 is 0 Å². The van der Waals surface area contributed by atoms with E-state index in [1.807, 2.05) is 48.5 Å². The number of carbonyl (C=O) groups is 2. The number of benzene rings is 2. The van der Waals surface area contributed by atoms with Crippen LogP contribution in [0.3, 0.4) is 0 Å². The lowest BCUT2D eigenvalue weighted by Gasteiger charge is -2.05. The molecule has 0 radical (unpaired) electrons. The van der Waals surface area contributed by atoms with Crippen molar-refractivity contribution < 1.29 is 19.8 Å². The minimum absolute atomic E-state index is 0.0859. The summed E-state index contributed by atoms with van der Waals surface area (Å²) in [5.41, 5.74) is 4.24. The van der Waals surface area contributed by atoms with E-state index in [2.05, 4.69) is 0 Å². The monoisotopic (exact) mass is 368 g/mol. The third-order valence-electron chi connectivity index (χ3n) is 4.69. The van der Waals surface area contributed by atoms with Crippen LogP contribution in [0.25, 0.3) is 0 Å². The Bertz CT molecular complexity index is 654. The molecule has 2 N–H and O–H groups in total. The molecule has 0 unspecified atom stereocenters. The first-order chi connectivity index (χ1) is 13.0. The number of hydrogen-bond donors (Lipinski definition) is 2. The van der Waals surface area contributed by atoms with E-state index in [1.165, 1.54) is 30.4 Å². The van der Waals surface area contributed by atoms with Crippen LogP contribution in [0.5, 0.6) is 0 Å². The summed E-state index contributed by atoms with van der Waals surface area (Å²) in [7, 11) is 0. The lowest BCUT2D eigenvalue weighted by molar-refractivity contribution is -0.137. The number of rotatable bonds is 12. The van der Waals surface area contributed by atoms with Crippen LogP contribution in [0, 0.1) is 0 Å². The number of unbranched alkanes of at least 4 members (excludes halogenated alkanes) is 4. The predicted molar refractivity (Wildman–Crippen MR) is 106 cm³/mol. The fourth-order valence-corrected chi connectivity index (χ4v) is 3.19. The van der Waals surface area contributed by atoms with E-state index in [9.17, 15) is 9.59 Å². The van der Waals surface area contributed by atoms with Crippen LogP contribution in [0.4, 0.5) is 0 Å². The summed E-state index contributed by atoms with van der Waals surface area (Å²) >= 11 is 0. The molecule has 144 valence electrons. The van der Waals surface area contributed by atoms with Gasteiger partial charge in [-0.1, -0.05) is 67.8 Å². The molecule has 0 aromatic heterocycles. The summed E-state index contributed by atoms with van der Waals surface area (Å²) in [5.74, 6) is -1.59. The van der Waals surface area contributed by atoms with E-state index in [0.29, 0.717) is 0 Å². The topological polar surface area (TPSA) is 74.6 Å². The Kier molecular flexibility index (Phi) is 8.56. The van der Waals surface area contributed by atoms with Gasteiger partial charge in [-0.3, -0.25) is 9.59 Å². The molecule has 0 aliphatic heterocycles. The Morgan fingerprint density at radius 3 is 1.15 bits per heavy atom. The van der Waals surface area contributed by atoms with Gasteiger partial charge in [0, 0.05) is 0 Å². The van der Waals surface area contributed by atoms with Gasteiger partial charge in [0.15, 0.2) is 0 Å². The van der Waals surface area contributed by atoms with Crippen molar-refractivity contribution >= 4 is 11.9 Å². The number of aryl methyl sites for hydroxylation is 2. The van der Waals surface area contributed by atoms with Gasteiger partial charge in [-0.05, 0) is 47.9 Å². The average molecular weight is 368 g/mol. The Morgan fingerprint density at radius 1 is 0.519 bits per heavy atom. The lowest BCUT2D eigenvalue weighted by Crippen LogP contribution is -2.00. The first kappa shape index (κ1) is 20.7. The number of carboxylic acids is 2. The second-order valence-corrected chi connectivity index (χ2v) is 7.04. The highest BCUT2D eigenvalue weighted by molar-refractivity contribution is 5.70. The molecular weight excluding hydrogens is 340 g/mol. The van der Waals surface area contributed by atoms with Crippen LogP contribution in [0.1, 0.15) is 54.4 Å². The van der Waals surface area contributed by atoms with Crippen molar-refractivity contribution in [2.75, 3.05) is 0 Å². The fourth-order valence-electron chi connectivity index (χ4n) is 3.19. The maximum atomic E-state index is 10.7. The van der Waals surface area contributed by atoms with Gasteiger partial charge in [0.2, 0.25) is 0 Å². The molecule has 0 aliphatic rings. The molecule has 2 rings (SSSR count). The van der Waals surface area contributed by atoms with E-state index in [0.717, 1.165) is 36.8 Å². The number of hydrogen-bond acceptors (Lipinski definition) is 2. The highest BCUT2D eigenvalue weighted by Gasteiger charge is 2.02. The van der Waals surface area contributed by atoms with Gasteiger partial charge in [-0.2, -0.15) is 0 Å². The second-order valence-electron chi connectivity index (χ2n) is 7.04. The molecule has 0 fully saturated rings. The summed E-state index contributed by atoms with van der Waals surface area (Å²) in [6.07, 6.45) is 8.18. The van der Waals surface area contributed by atoms with Crippen molar-refractivity contribution in [3.8, 4) is 0 Å². The summed E-state index contributed by atoms with van der Waals surface area (Å²) in [4.78, 5) is 21.3. The Hall–Kier alpha value is -2.62. The molecule has 4 heteroatoms. The van der Waals surface area contributed by atoms with Gasteiger partial charge in [0.25, 0.3) is 0 Å². The van der Waals surface area contributed by atoms with Gasteiger partial charge in [0.05, 0.1) is 12.8 Å². The van der Waals surface area contributed by atoms with Gasteiger partial charge in [-0.15, -0.1) is 0 Å². The quantitative estimate of drug-likeness (QED) is 0.534. The zero-order valence-corrected chi connectivity index (χ0v) is 15.7. The van der Waals surface area contributed by atoms with Crippen molar-refractivity contribution in [1.82, 2.24) is 0 Å². The molecule has 27 heavy (non-hydrogen) atoms. The maximum absolute atomic E-state index is 10.7. The Morgan fingerprint density at radius 2 is 0.815 bits per heavy atom. The van der Waals surface area contributed by atoms with Crippen LogP contribution in [-0.4, -0.2) is 22.2 Å². The van der Waals surface area contributed by atoms with E-state index in [1.54, 1.807) is 0 Å². The van der Waals surface area contributed by atoms with Crippen molar-refractivity contribution in [2.45, 2.75) is 57.8 Å². The molecule has 0 amide bonds. The number of aliphatic carboxylic acids is 2. The number of carboxylic acid groups (broad SMARTS) is 2. The molecule has 0 atom stereocenters. The average Bonchev–Trinajstić information content (AvgIpc) is 2.63. The molecule has 0 saturated carbocycles. The largest absolute Gasteiger partial charge is 0.481 e. The normalized spacial score (nSPS) is 10.7. The van der Waals surface area contributed by atoms with E-state index >= 15 is 0 Å². The van der Waals surface area contributed by atoms with Crippen molar-refractivity contribution in [3.63, 3.8) is 0 Å². The molecule has 4 nitrogen and oxygen atoms in total. The van der Waals surface area contributed by atoms with E-state index in [-0.39, 0.29) is 12.8 Å². The van der Waals surface area contributed by atoms with E-state index < -0.39 is 11.9 Å². The first-order valence-corrected chi connectivity index (χ1v) is 9.62. The lowest BCUT2D eigenvalue weighted by atomic mass is 10.0. The summed E-state index contributed by atoms with van der Waals surface area (Å²) < 4.78 is 0. The van der Waals surface area contributed by atoms with E-state index in [4.69, 9.17) is 10.2 Å². The molecule has 2 aromatic rings. The van der Waals surface area contributed by atoms with Crippen LogP contribution in [-0.2, 0) is 35.3 Å². The van der Waals surface area contributed by atoms with Crippen molar-refractivity contribution in [1.29, 1.82) is 0 Å². The minimum atomic E-state index is -0.793. The molecular formula is C23H28O4. The minimum Gasteiger partial charge on any atom is -0.481 e. The predicted octanol–water partition coefficient (Wildman–Crippen LogP) is 4.68. The smallest absolute Gasteiger partial charge is 0.307 e. The van der Waals surface area contributed by atoms with Crippen LogP contribution < -0.4 is 0 Å². The molecule has 0 bridgehead atoms. The molecule has 0 saturated heterocycles. The molecule has 2 aromatic carbocycles. The summed E-state index contributed by atoms with van der Waals surface area (Å²) in [6.45, 7) is 0. The highest BCUT2D eigenvalue weighted by atomic mass is 16.4. The maximum Gasteiger partial charge on any atom is 0.307 e. The van der Waals surface area contributed by atoms with Gasteiger partial charge in [-0.25, -0.2) is 0 Å². The van der Waals surface area contributed by atoms with Crippen LogP contribution in [0.2, 0.25) is 0 Å². The highest BCUT2D eigenvalue weighted by Crippen LogP contribution is 2.13. The zero-order valence-electron chi connectivity index (χ0n) is 15.7. The summed E-state index contributed by atoms with van der Waals surface area (Å²) in [5, 5.41) is 17.6. The fraction of sp³-hybridized carbons (Fsp3) is 0.391. The van der Waals surface area contributed by atoms with Gasteiger partial charge < -0.3 is 10.2 Å². The zero-order chi connectivity index (χ0) is 19.5. The first-order valence-electron chi connectivity index (χ1n) is 9.62. The Balaban J connectivity index is 1.55.